The maximum absolute atomic E-state index is 13.1. The first kappa shape index (κ1) is 19.4. The van der Waals surface area contributed by atoms with Gasteiger partial charge in [-0.3, -0.25) is 9.69 Å². The third-order valence-corrected chi connectivity index (χ3v) is 5.51. The van der Waals surface area contributed by atoms with Crippen LogP contribution in [0.4, 0.5) is 5.69 Å². The van der Waals surface area contributed by atoms with Crippen molar-refractivity contribution >= 4 is 23.4 Å². The minimum absolute atomic E-state index is 0.0331. The average Bonchev–Trinajstić information content (AvgIpc) is 2.87. The predicted octanol–water partition coefficient (Wildman–Crippen LogP) is 4.71. The summed E-state index contributed by atoms with van der Waals surface area (Å²) in [7, 11) is 0. The van der Waals surface area contributed by atoms with Crippen molar-refractivity contribution in [3.05, 3.63) is 59.2 Å². The molecule has 0 saturated heterocycles. The van der Waals surface area contributed by atoms with E-state index in [1.165, 1.54) is 11.8 Å². The van der Waals surface area contributed by atoms with Gasteiger partial charge < -0.3 is 4.74 Å². The van der Waals surface area contributed by atoms with Crippen molar-refractivity contribution in [2.45, 2.75) is 38.6 Å². The number of rotatable bonds is 3. The normalized spacial score (nSPS) is 15.2. The van der Waals surface area contributed by atoms with Crippen molar-refractivity contribution < 1.29 is 9.53 Å². The lowest BCUT2D eigenvalue weighted by atomic mass is 10.0. The molecule has 1 aliphatic heterocycles. The van der Waals surface area contributed by atoms with Crippen molar-refractivity contribution in [2.75, 3.05) is 11.2 Å². The monoisotopic (exact) mass is 406 g/mol. The van der Waals surface area contributed by atoms with Crippen LogP contribution in [-0.2, 0) is 4.79 Å². The Balaban J connectivity index is 2.02. The molecule has 2 aromatic carbocycles. The number of hydrogen-bond donors (Lipinski definition) is 0. The fourth-order valence-electron chi connectivity index (χ4n) is 3.47. The molecule has 4 rings (SSSR count). The summed E-state index contributed by atoms with van der Waals surface area (Å²) in [5.41, 5.74) is 5.11. The Morgan fingerprint density at radius 1 is 1.17 bits per heavy atom. The Labute approximate surface area is 174 Å². The number of amides is 1. The molecule has 0 aliphatic carbocycles. The van der Waals surface area contributed by atoms with Gasteiger partial charge in [0.2, 0.25) is 23.2 Å². The molecule has 3 aromatic rings. The van der Waals surface area contributed by atoms with Crippen molar-refractivity contribution in [2.24, 2.45) is 0 Å². The van der Waals surface area contributed by atoms with E-state index in [1.807, 2.05) is 69.5 Å². The SMILES string of the molecule is CCC(=O)N1c2ccc(C)cc2-c2nnc(SC)nc2O[C@H]1c1ccccc1C. The Morgan fingerprint density at radius 2 is 1.97 bits per heavy atom. The van der Waals surface area contributed by atoms with Crippen LogP contribution in [0.25, 0.3) is 11.3 Å². The zero-order chi connectivity index (χ0) is 20.5. The van der Waals surface area contributed by atoms with Crippen LogP contribution in [0.15, 0.2) is 47.6 Å². The Bertz CT molecular complexity index is 1090. The van der Waals surface area contributed by atoms with Crippen molar-refractivity contribution in [1.29, 1.82) is 0 Å². The second-order valence-corrected chi connectivity index (χ2v) is 7.69. The van der Waals surface area contributed by atoms with E-state index in [1.54, 1.807) is 4.90 Å². The van der Waals surface area contributed by atoms with Crippen molar-refractivity contribution in [3.63, 3.8) is 0 Å². The lowest BCUT2D eigenvalue weighted by Gasteiger charge is -2.31. The minimum atomic E-state index is -0.641. The second-order valence-electron chi connectivity index (χ2n) is 6.92. The number of thioether (sulfide) groups is 1. The molecule has 6 nitrogen and oxygen atoms in total. The zero-order valence-electron chi connectivity index (χ0n) is 16.8. The highest BCUT2D eigenvalue weighted by molar-refractivity contribution is 7.98. The topological polar surface area (TPSA) is 68.2 Å². The van der Waals surface area contributed by atoms with Gasteiger partial charge in [0.05, 0.1) is 5.69 Å². The number of ether oxygens (including phenoxy) is 1. The Kier molecular flexibility index (Phi) is 5.24. The van der Waals surface area contributed by atoms with Crippen LogP contribution in [0.1, 0.15) is 36.3 Å². The highest BCUT2D eigenvalue weighted by Crippen LogP contribution is 2.44. The van der Waals surface area contributed by atoms with Crippen LogP contribution in [0.5, 0.6) is 5.88 Å². The molecule has 0 bridgehead atoms. The molecular formula is C22H22N4O2S. The van der Waals surface area contributed by atoms with E-state index in [-0.39, 0.29) is 5.91 Å². The fraction of sp³-hybridized carbons (Fsp3) is 0.273. The summed E-state index contributed by atoms with van der Waals surface area (Å²) in [4.78, 5) is 19.4. The number of aromatic nitrogens is 3. The van der Waals surface area contributed by atoms with Crippen LogP contribution >= 0.6 is 11.8 Å². The van der Waals surface area contributed by atoms with Crippen LogP contribution < -0.4 is 9.64 Å². The van der Waals surface area contributed by atoms with Crippen LogP contribution in [0, 0.1) is 13.8 Å². The van der Waals surface area contributed by atoms with E-state index in [4.69, 9.17) is 4.74 Å². The number of nitrogens with zero attached hydrogens (tertiary/aromatic N) is 4. The van der Waals surface area contributed by atoms with Gasteiger partial charge in [-0.25, -0.2) is 0 Å². The first-order valence-corrected chi connectivity index (χ1v) is 10.7. The Hall–Kier alpha value is -2.93. The summed E-state index contributed by atoms with van der Waals surface area (Å²) in [5.74, 6) is 0.352. The van der Waals surface area contributed by atoms with E-state index in [0.29, 0.717) is 23.2 Å². The molecule has 0 spiro atoms. The molecular weight excluding hydrogens is 384 g/mol. The number of carbonyl (C=O) groups excluding carboxylic acids is 1. The van der Waals surface area contributed by atoms with Gasteiger partial charge in [0, 0.05) is 17.5 Å². The van der Waals surface area contributed by atoms with Crippen LogP contribution in [0.2, 0.25) is 0 Å². The number of carbonyl (C=O) groups is 1. The number of fused-ring (bicyclic) bond motifs is 3. The molecule has 148 valence electrons. The molecule has 0 fully saturated rings. The molecule has 0 radical (unpaired) electrons. The molecule has 1 aromatic heterocycles. The summed E-state index contributed by atoms with van der Waals surface area (Å²) in [6.45, 7) is 5.88. The third-order valence-electron chi connectivity index (χ3n) is 4.97. The smallest absolute Gasteiger partial charge is 0.247 e. The average molecular weight is 407 g/mol. The Morgan fingerprint density at radius 3 is 2.69 bits per heavy atom. The molecule has 0 N–H and O–H groups in total. The maximum atomic E-state index is 13.1. The summed E-state index contributed by atoms with van der Waals surface area (Å²) < 4.78 is 6.40. The summed E-state index contributed by atoms with van der Waals surface area (Å²) in [6.07, 6.45) is 1.60. The van der Waals surface area contributed by atoms with Gasteiger partial charge >= 0.3 is 0 Å². The van der Waals surface area contributed by atoms with Gasteiger partial charge in [0.25, 0.3) is 0 Å². The largest absolute Gasteiger partial charge is 0.447 e. The minimum Gasteiger partial charge on any atom is -0.447 e. The van der Waals surface area contributed by atoms with E-state index in [2.05, 4.69) is 15.2 Å². The highest BCUT2D eigenvalue weighted by Gasteiger charge is 2.36. The van der Waals surface area contributed by atoms with Crippen LogP contribution in [-0.4, -0.2) is 27.3 Å². The lowest BCUT2D eigenvalue weighted by molar-refractivity contribution is -0.120. The van der Waals surface area contributed by atoms with E-state index < -0.39 is 6.23 Å². The van der Waals surface area contributed by atoms with Gasteiger partial charge in [-0.15, -0.1) is 10.2 Å². The zero-order valence-corrected chi connectivity index (χ0v) is 17.7. The molecule has 1 aliphatic rings. The van der Waals surface area contributed by atoms with Gasteiger partial charge in [-0.1, -0.05) is 54.6 Å². The first-order chi connectivity index (χ1) is 14.0. The summed E-state index contributed by atoms with van der Waals surface area (Å²) in [6, 6.07) is 13.9. The van der Waals surface area contributed by atoms with Gasteiger partial charge in [-0.05, 0) is 37.8 Å². The molecule has 1 amide bonds. The molecule has 7 heteroatoms. The molecule has 1 atom stereocenters. The summed E-state index contributed by atoms with van der Waals surface area (Å²) >= 11 is 1.40. The molecule has 0 unspecified atom stereocenters. The lowest BCUT2D eigenvalue weighted by Crippen LogP contribution is -2.37. The standard InChI is InChI=1S/C22H22N4O2S/c1-5-18(27)26-17-11-10-13(2)12-16(17)19-20(23-22(29-4)25-24-19)28-21(26)15-9-7-6-8-14(15)3/h6-12,21H,5H2,1-4H3/t21-/m0/s1. The molecule has 29 heavy (non-hydrogen) atoms. The first-order valence-electron chi connectivity index (χ1n) is 9.47. The number of hydrogen-bond acceptors (Lipinski definition) is 6. The van der Waals surface area contributed by atoms with E-state index in [9.17, 15) is 4.79 Å². The van der Waals surface area contributed by atoms with E-state index in [0.717, 1.165) is 27.9 Å². The summed E-state index contributed by atoms with van der Waals surface area (Å²) in [5, 5.41) is 9.14. The highest BCUT2D eigenvalue weighted by atomic mass is 32.2. The maximum Gasteiger partial charge on any atom is 0.247 e. The fourth-order valence-corrected chi connectivity index (χ4v) is 3.77. The quantitative estimate of drug-likeness (QED) is 0.587. The van der Waals surface area contributed by atoms with Crippen LogP contribution in [0.3, 0.4) is 0 Å². The molecule has 0 saturated carbocycles. The van der Waals surface area contributed by atoms with Gasteiger partial charge in [0.1, 0.15) is 0 Å². The van der Waals surface area contributed by atoms with Gasteiger partial charge in [0.15, 0.2) is 5.69 Å². The molecule has 2 heterocycles. The number of anilines is 1. The number of benzene rings is 2. The third kappa shape index (κ3) is 3.46. The second kappa shape index (κ2) is 7.83. The van der Waals surface area contributed by atoms with E-state index >= 15 is 0 Å². The van der Waals surface area contributed by atoms with Gasteiger partial charge in [-0.2, -0.15) is 4.98 Å². The van der Waals surface area contributed by atoms with Crippen molar-refractivity contribution in [1.82, 2.24) is 15.2 Å². The predicted molar refractivity (Wildman–Crippen MR) is 114 cm³/mol. The van der Waals surface area contributed by atoms with Crippen molar-refractivity contribution in [3.8, 4) is 17.1 Å². The number of aryl methyl sites for hydroxylation is 2.